The maximum Gasteiger partial charge on any atom is 0.243 e. The van der Waals surface area contributed by atoms with Gasteiger partial charge in [0.15, 0.2) is 5.13 Å². The number of rotatable bonds is 7. The molecule has 4 nitrogen and oxygen atoms in total. The molecule has 1 aromatic heterocycles. The van der Waals surface area contributed by atoms with Crippen LogP contribution in [0, 0.1) is 0 Å². The molecule has 140 valence electrons. The number of hydrogen-bond donors (Lipinski definition) is 2. The number of hydrogen-bond acceptors (Lipinski definition) is 4. The first-order valence-electron chi connectivity index (χ1n) is 9.66. The van der Waals surface area contributed by atoms with E-state index in [1.807, 2.05) is 6.20 Å². The zero-order valence-corrected chi connectivity index (χ0v) is 16.7. The lowest BCUT2D eigenvalue weighted by Gasteiger charge is -2.29. The van der Waals surface area contributed by atoms with Gasteiger partial charge in [0.2, 0.25) is 5.91 Å². The summed E-state index contributed by atoms with van der Waals surface area (Å²) >= 11 is 1.57. The molecule has 1 aromatic carbocycles. The molecule has 0 bridgehead atoms. The van der Waals surface area contributed by atoms with Crippen molar-refractivity contribution in [3.05, 3.63) is 46.5 Å². The second-order valence-corrected chi connectivity index (χ2v) is 8.49. The first-order valence-corrected chi connectivity index (χ1v) is 10.5. The molecule has 2 atom stereocenters. The second kappa shape index (κ2) is 8.78. The highest BCUT2D eigenvalue weighted by Crippen LogP contribution is 2.26. The number of nitrogens with one attached hydrogen (secondary N) is 2. The van der Waals surface area contributed by atoms with Crippen molar-refractivity contribution in [2.75, 3.05) is 5.32 Å². The maximum absolute atomic E-state index is 12.8. The minimum atomic E-state index is -0.165. The molecule has 0 fully saturated rings. The van der Waals surface area contributed by atoms with Gasteiger partial charge in [-0.3, -0.25) is 4.79 Å². The van der Waals surface area contributed by atoms with Crippen LogP contribution >= 0.6 is 11.3 Å². The van der Waals surface area contributed by atoms with Crippen LogP contribution < -0.4 is 10.6 Å². The van der Waals surface area contributed by atoms with Gasteiger partial charge in [0.05, 0.1) is 6.04 Å². The van der Waals surface area contributed by atoms with Crippen molar-refractivity contribution >= 4 is 22.4 Å². The Labute approximate surface area is 160 Å². The Balaban J connectivity index is 1.62. The van der Waals surface area contributed by atoms with Gasteiger partial charge in [0.25, 0.3) is 0 Å². The van der Waals surface area contributed by atoms with Gasteiger partial charge in [0.1, 0.15) is 0 Å². The molecule has 1 heterocycles. The van der Waals surface area contributed by atoms with Gasteiger partial charge in [-0.2, -0.15) is 0 Å². The Bertz CT molecular complexity index is 740. The lowest BCUT2D eigenvalue weighted by molar-refractivity contribution is -0.118. The van der Waals surface area contributed by atoms with E-state index in [4.69, 9.17) is 0 Å². The summed E-state index contributed by atoms with van der Waals surface area (Å²) in [5.41, 5.74) is 2.86. The van der Waals surface area contributed by atoms with Crippen LogP contribution in [0.2, 0.25) is 0 Å². The first-order chi connectivity index (χ1) is 12.6. The minimum absolute atomic E-state index is 0.0374. The zero-order valence-electron chi connectivity index (χ0n) is 15.9. The van der Waals surface area contributed by atoms with Gasteiger partial charge in [-0.25, -0.2) is 4.98 Å². The van der Waals surface area contributed by atoms with Crippen molar-refractivity contribution in [2.45, 2.75) is 70.9 Å². The Hall–Kier alpha value is -1.72. The normalized spacial score (nSPS) is 17.8. The number of aryl methyl sites for hydroxylation is 1. The molecule has 0 spiro atoms. The zero-order chi connectivity index (χ0) is 18.5. The highest BCUT2D eigenvalue weighted by atomic mass is 32.1. The molecule has 3 rings (SSSR count). The monoisotopic (exact) mass is 371 g/mol. The maximum atomic E-state index is 12.8. The fourth-order valence-electron chi connectivity index (χ4n) is 3.51. The van der Waals surface area contributed by atoms with E-state index < -0.39 is 0 Å². The second-order valence-electron chi connectivity index (χ2n) is 7.43. The van der Waals surface area contributed by atoms with Crippen LogP contribution in [-0.4, -0.2) is 23.0 Å². The number of anilines is 1. The third kappa shape index (κ3) is 4.71. The predicted octanol–water partition coefficient (Wildman–Crippen LogP) is 4.52. The predicted molar refractivity (Wildman–Crippen MR) is 109 cm³/mol. The Morgan fingerprint density at radius 3 is 2.77 bits per heavy atom. The molecule has 0 aliphatic heterocycles. The van der Waals surface area contributed by atoms with Crippen LogP contribution in [0.5, 0.6) is 0 Å². The van der Waals surface area contributed by atoms with Crippen LogP contribution in [0.4, 0.5) is 5.13 Å². The standard InChI is InChI=1S/C21H29N3OS/c1-4-7-18(20(25)24-21-22-13-19(26-21)14(2)3)23-17-11-10-15-8-5-6-9-16(15)12-17/h5-6,8-9,13-14,17-18,23H,4,7,10-12H2,1-3H3,(H,22,24,25)/t17?,18-/m0/s1. The van der Waals surface area contributed by atoms with Crippen LogP contribution in [0.3, 0.4) is 0 Å². The summed E-state index contributed by atoms with van der Waals surface area (Å²) in [6.45, 7) is 6.40. The molecule has 26 heavy (non-hydrogen) atoms. The molecule has 1 unspecified atom stereocenters. The number of thiazole rings is 1. The van der Waals surface area contributed by atoms with E-state index in [0.717, 1.165) is 32.1 Å². The third-order valence-corrected chi connectivity index (χ3v) is 6.21. The van der Waals surface area contributed by atoms with Gasteiger partial charge in [-0.05, 0) is 42.7 Å². The Morgan fingerprint density at radius 2 is 2.08 bits per heavy atom. The molecule has 1 aliphatic rings. The first kappa shape index (κ1) is 19.1. The molecule has 0 saturated heterocycles. The number of aromatic nitrogens is 1. The van der Waals surface area contributed by atoms with E-state index in [1.54, 1.807) is 11.3 Å². The average Bonchev–Trinajstić information content (AvgIpc) is 3.10. The van der Waals surface area contributed by atoms with Crippen molar-refractivity contribution in [3.8, 4) is 0 Å². The minimum Gasteiger partial charge on any atom is -0.303 e. The van der Waals surface area contributed by atoms with E-state index in [9.17, 15) is 4.79 Å². The third-order valence-electron chi connectivity index (χ3n) is 5.00. The molecule has 1 aliphatic carbocycles. The molecular weight excluding hydrogens is 342 g/mol. The highest BCUT2D eigenvalue weighted by molar-refractivity contribution is 7.15. The van der Waals surface area contributed by atoms with E-state index in [0.29, 0.717) is 17.1 Å². The molecular formula is C21H29N3OS. The number of nitrogens with zero attached hydrogens (tertiary/aromatic N) is 1. The van der Waals surface area contributed by atoms with Crippen molar-refractivity contribution in [2.24, 2.45) is 0 Å². The summed E-state index contributed by atoms with van der Waals surface area (Å²) in [6.07, 6.45) is 6.84. The lowest BCUT2D eigenvalue weighted by atomic mass is 9.88. The number of benzene rings is 1. The van der Waals surface area contributed by atoms with Crippen LogP contribution in [0.25, 0.3) is 0 Å². The quantitative estimate of drug-likeness (QED) is 0.752. The number of carbonyl (C=O) groups is 1. The number of amides is 1. The van der Waals surface area contributed by atoms with E-state index in [2.05, 4.69) is 60.7 Å². The summed E-state index contributed by atoms with van der Waals surface area (Å²) in [7, 11) is 0. The van der Waals surface area contributed by atoms with Gasteiger partial charge in [-0.1, -0.05) is 51.5 Å². The Morgan fingerprint density at radius 1 is 1.31 bits per heavy atom. The van der Waals surface area contributed by atoms with Crippen molar-refractivity contribution < 1.29 is 4.79 Å². The van der Waals surface area contributed by atoms with Crippen molar-refractivity contribution in [3.63, 3.8) is 0 Å². The lowest BCUT2D eigenvalue weighted by Crippen LogP contribution is -2.47. The molecule has 5 heteroatoms. The topological polar surface area (TPSA) is 54.0 Å². The van der Waals surface area contributed by atoms with Gasteiger partial charge in [0, 0.05) is 17.1 Å². The summed E-state index contributed by atoms with van der Waals surface area (Å²) in [5.74, 6) is 0.473. The SMILES string of the molecule is CCC[C@H](NC1CCc2ccccc2C1)C(=O)Nc1ncc(C(C)C)s1. The van der Waals surface area contributed by atoms with E-state index in [1.165, 1.54) is 16.0 Å². The number of fused-ring (bicyclic) bond motifs is 1. The smallest absolute Gasteiger partial charge is 0.243 e. The van der Waals surface area contributed by atoms with Crippen LogP contribution in [0.1, 0.15) is 62.0 Å². The molecule has 1 amide bonds. The van der Waals surface area contributed by atoms with Gasteiger partial charge < -0.3 is 10.6 Å². The average molecular weight is 372 g/mol. The van der Waals surface area contributed by atoms with E-state index in [-0.39, 0.29) is 11.9 Å². The highest BCUT2D eigenvalue weighted by Gasteiger charge is 2.25. The fraction of sp³-hybridized carbons (Fsp3) is 0.524. The molecule has 2 N–H and O–H groups in total. The van der Waals surface area contributed by atoms with Crippen molar-refractivity contribution in [1.82, 2.24) is 10.3 Å². The molecule has 0 radical (unpaired) electrons. The summed E-state index contributed by atoms with van der Waals surface area (Å²) in [6, 6.07) is 8.83. The summed E-state index contributed by atoms with van der Waals surface area (Å²) < 4.78 is 0. The summed E-state index contributed by atoms with van der Waals surface area (Å²) in [5, 5.41) is 7.33. The molecule has 0 saturated carbocycles. The van der Waals surface area contributed by atoms with Crippen molar-refractivity contribution in [1.29, 1.82) is 0 Å². The van der Waals surface area contributed by atoms with E-state index >= 15 is 0 Å². The van der Waals surface area contributed by atoms with Gasteiger partial charge >= 0.3 is 0 Å². The molecule has 2 aromatic rings. The summed E-state index contributed by atoms with van der Waals surface area (Å²) in [4.78, 5) is 18.3. The largest absolute Gasteiger partial charge is 0.303 e. The Kier molecular flexibility index (Phi) is 6.43. The number of carbonyl (C=O) groups excluding carboxylic acids is 1. The van der Waals surface area contributed by atoms with Gasteiger partial charge in [-0.15, -0.1) is 11.3 Å². The van der Waals surface area contributed by atoms with Crippen LogP contribution in [0.15, 0.2) is 30.5 Å². The van der Waals surface area contributed by atoms with Crippen LogP contribution in [-0.2, 0) is 17.6 Å². The fourth-order valence-corrected chi connectivity index (χ4v) is 4.33.